The topological polar surface area (TPSA) is 69.0 Å². The molecule has 1 heterocycles. The lowest BCUT2D eigenvalue weighted by molar-refractivity contribution is -0.118. The zero-order valence-corrected chi connectivity index (χ0v) is 9.33. The number of amides is 1. The van der Waals surface area contributed by atoms with Gasteiger partial charge in [0.1, 0.15) is 5.75 Å². The van der Waals surface area contributed by atoms with Gasteiger partial charge in [-0.05, 0) is 12.1 Å². The first-order valence-electron chi connectivity index (χ1n) is 5.08. The molecule has 0 radical (unpaired) electrons. The van der Waals surface area contributed by atoms with Gasteiger partial charge in [0.15, 0.2) is 12.4 Å². The number of carbonyl (C=O) groups is 1. The highest BCUT2D eigenvalue weighted by Crippen LogP contribution is 2.08. The summed E-state index contributed by atoms with van der Waals surface area (Å²) in [7, 11) is 1.73. The molecule has 1 aromatic heterocycles. The molecule has 6 heteroatoms. The fourth-order valence-electron chi connectivity index (χ4n) is 1.25. The van der Waals surface area contributed by atoms with Gasteiger partial charge in [0.05, 0.1) is 6.20 Å². The molecule has 2 aromatic rings. The molecular formula is C11H12N4O2. The van der Waals surface area contributed by atoms with Crippen molar-refractivity contribution in [3.05, 3.63) is 36.5 Å². The Morgan fingerprint density at radius 2 is 2.18 bits per heavy atom. The van der Waals surface area contributed by atoms with Crippen LogP contribution in [0.1, 0.15) is 0 Å². The average Bonchev–Trinajstić information content (AvgIpc) is 2.73. The summed E-state index contributed by atoms with van der Waals surface area (Å²) in [5, 5.41) is 10.0. The highest BCUT2D eigenvalue weighted by atomic mass is 16.5. The Kier molecular flexibility index (Phi) is 3.34. The third-order valence-corrected chi connectivity index (χ3v) is 1.98. The number of carbonyl (C=O) groups excluding carboxylic acids is 1. The van der Waals surface area contributed by atoms with Crippen molar-refractivity contribution in [1.82, 2.24) is 15.0 Å². The lowest BCUT2D eigenvalue weighted by Crippen LogP contribution is -2.20. The summed E-state index contributed by atoms with van der Waals surface area (Å²) >= 11 is 0. The predicted octanol–water partition coefficient (Wildman–Crippen LogP) is 0.833. The zero-order valence-electron chi connectivity index (χ0n) is 9.33. The van der Waals surface area contributed by atoms with Crippen molar-refractivity contribution >= 4 is 11.7 Å². The van der Waals surface area contributed by atoms with Crippen molar-refractivity contribution in [3.8, 4) is 5.75 Å². The smallest absolute Gasteiger partial charge is 0.263 e. The lowest BCUT2D eigenvalue weighted by atomic mass is 10.3. The monoisotopic (exact) mass is 232 g/mol. The Balaban J connectivity index is 1.82. The minimum Gasteiger partial charge on any atom is -0.484 e. The minimum atomic E-state index is -0.269. The fourth-order valence-corrected chi connectivity index (χ4v) is 1.25. The molecule has 0 aliphatic carbocycles. The number of aromatic nitrogens is 3. The average molecular weight is 232 g/mol. The first-order valence-corrected chi connectivity index (χ1v) is 5.08. The van der Waals surface area contributed by atoms with Crippen LogP contribution < -0.4 is 10.1 Å². The Hall–Kier alpha value is -2.37. The van der Waals surface area contributed by atoms with Gasteiger partial charge < -0.3 is 10.1 Å². The van der Waals surface area contributed by atoms with Crippen LogP contribution in [0.25, 0.3) is 0 Å². The predicted molar refractivity (Wildman–Crippen MR) is 61.6 cm³/mol. The van der Waals surface area contributed by atoms with Gasteiger partial charge in [-0.15, -0.1) is 5.10 Å². The van der Waals surface area contributed by atoms with Gasteiger partial charge in [0.2, 0.25) is 0 Å². The van der Waals surface area contributed by atoms with E-state index < -0.39 is 0 Å². The standard InChI is InChI=1S/C11H12N4O2/c1-15-7-10(13-14-15)12-11(16)8-17-9-5-3-2-4-6-9/h2-7H,8H2,1H3,(H,12,16). The summed E-state index contributed by atoms with van der Waals surface area (Å²) in [6.45, 7) is -0.0550. The molecule has 1 aromatic carbocycles. The van der Waals surface area contributed by atoms with E-state index in [2.05, 4.69) is 15.6 Å². The number of aryl methyl sites for hydroxylation is 1. The second-order valence-electron chi connectivity index (χ2n) is 3.43. The van der Waals surface area contributed by atoms with E-state index in [0.29, 0.717) is 11.6 Å². The molecule has 0 spiro atoms. The Labute approximate surface area is 98.2 Å². The summed E-state index contributed by atoms with van der Waals surface area (Å²) in [6, 6.07) is 9.14. The molecule has 0 fully saturated rings. The summed E-state index contributed by atoms with van der Waals surface area (Å²) < 4.78 is 6.79. The number of anilines is 1. The van der Waals surface area contributed by atoms with Crippen LogP contribution >= 0.6 is 0 Å². The van der Waals surface area contributed by atoms with Gasteiger partial charge in [0.25, 0.3) is 5.91 Å². The number of hydrogen-bond donors (Lipinski definition) is 1. The first kappa shape index (κ1) is 11.1. The van der Waals surface area contributed by atoms with Crippen LogP contribution in [0.5, 0.6) is 5.75 Å². The molecule has 17 heavy (non-hydrogen) atoms. The van der Waals surface area contributed by atoms with Gasteiger partial charge in [-0.3, -0.25) is 9.48 Å². The summed E-state index contributed by atoms with van der Waals surface area (Å²) in [5.74, 6) is 0.797. The maximum Gasteiger partial charge on any atom is 0.263 e. The second-order valence-corrected chi connectivity index (χ2v) is 3.43. The molecule has 0 aliphatic rings. The van der Waals surface area contributed by atoms with Crippen molar-refractivity contribution in [1.29, 1.82) is 0 Å². The van der Waals surface area contributed by atoms with Crippen molar-refractivity contribution in [3.63, 3.8) is 0 Å². The molecule has 0 aliphatic heterocycles. The van der Waals surface area contributed by atoms with Crippen LogP contribution in [0.3, 0.4) is 0 Å². The van der Waals surface area contributed by atoms with Crippen LogP contribution in [0, 0.1) is 0 Å². The molecule has 0 saturated carbocycles. The molecule has 0 unspecified atom stereocenters. The van der Waals surface area contributed by atoms with E-state index in [4.69, 9.17) is 4.74 Å². The van der Waals surface area contributed by atoms with Gasteiger partial charge >= 0.3 is 0 Å². The summed E-state index contributed by atoms with van der Waals surface area (Å²) in [4.78, 5) is 11.5. The van der Waals surface area contributed by atoms with Crippen LogP contribution in [0.4, 0.5) is 5.82 Å². The number of hydrogen-bond acceptors (Lipinski definition) is 4. The minimum absolute atomic E-state index is 0.0550. The van der Waals surface area contributed by atoms with Gasteiger partial charge in [-0.1, -0.05) is 23.4 Å². The van der Waals surface area contributed by atoms with E-state index in [9.17, 15) is 4.79 Å². The fraction of sp³-hybridized carbons (Fsp3) is 0.182. The van der Waals surface area contributed by atoms with E-state index in [1.807, 2.05) is 18.2 Å². The third kappa shape index (κ3) is 3.30. The highest BCUT2D eigenvalue weighted by molar-refractivity contribution is 5.90. The molecule has 2 rings (SSSR count). The largest absolute Gasteiger partial charge is 0.484 e. The van der Waals surface area contributed by atoms with Crippen molar-refractivity contribution in [2.75, 3.05) is 11.9 Å². The quantitative estimate of drug-likeness (QED) is 0.847. The molecule has 1 amide bonds. The van der Waals surface area contributed by atoms with E-state index >= 15 is 0 Å². The van der Waals surface area contributed by atoms with E-state index in [1.54, 1.807) is 25.4 Å². The first-order chi connectivity index (χ1) is 8.24. The van der Waals surface area contributed by atoms with Crippen molar-refractivity contribution in [2.24, 2.45) is 7.05 Å². The number of ether oxygens (including phenoxy) is 1. The number of nitrogens with one attached hydrogen (secondary N) is 1. The van der Waals surface area contributed by atoms with Crippen LogP contribution in [-0.4, -0.2) is 27.5 Å². The molecule has 0 saturated heterocycles. The molecule has 6 nitrogen and oxygen atoms in total. The normalized spacial score (nSPS) is 9.94. The van der Waals surface area contributed by atoms with E-state index in [-0.39, 0.29) is 12.5 Å². The van der Waals surface area contributed by atoms with Gasteiger partial charge in [0, 0.05) is 7.05 Å². The second kappa shape index (κ2) is 5.11. The maximum absolute atomic E-state index is 11.5. The number of rotatable bonds is 4. The SMILES string of the molecule is Cn1cc(NC(=O)COc2ccccc2)nn1. The molecular weight excluding hydrogens is 220 g/mol. The molecule has 1 N–H and O–H groups in total. The molecule has 0 atom stereocenters. The Morgan fingerprint density at radius 1 is 1.41 bits per heavy atom. The molecule has 0 bridgehead atoms. The highest BCUT2D eigenvalue weighted by Gasteiger charge is 2.05. The number of para-hydroxylation sites is 1. The third-order valence-electron chi connectivity index (χ3n) is 1.98. The van der Waals surface area contributed by atoms with E-state index in [1.165, 1.54) is 4.68 Å². The van der Waals surface area contributed by atoms with Gasteiger partial charge in [-0.25, -0.2) is 0 Å². The number of nitrogens with zero attached hydrogens (tertiary/aromatic N) is 3. The van der Waals surface area contributed by atoms with Crippen LogP contribution in [0.15, 0.2) is 36.5 Å². The van der Waals surface area contributed by atoms with Gasteiger partial charge in [-0.2, -0.15) is 0 Å². The molecule has 88 valence electrons. The number of benzene rings is 1. The van der Waals surface area contributed by atoms with Crippen molar-refractivity contribution in [2.45, 2.75) is 0 Å². The van der Waals surface area contributed by atoms with Crippen LogP contribution in [-0.2, 0) is 11.8 Å². The van der Waals surface area contributed by atoms with Crippen LogP contribution in [0.2, 0.25) is 0 Å². The summed E-state index contributed by atoms with van der Waals surface area (Å²) in [5.41, 5.74) is 0. The zero-order chi connectivity index (χ0) is 12.1. The summed E-state index contributed by atoms with van der Waals surface area (Å²) in [6.07, 6.45) is 1.61. The Morgan fingerprint density at radius 3 is 2.82 bits per heavy atom. The maximum atomic E-state index is 11.5. The lowest BCUT2D eigenvalue weighted by Gasteiger charge is -2.04. The van der Waals surface area contributed by atoms with Crippen molar-refractivity contribution < 1.29 is 9.53 Å². The Bertz CT molecular complexity index is 495. The van der Waals surface area contributed by atoms with E-state index in [0.717, 1.165) is 0 Å².